The molecule has 0 aromatic rings. The van der Waals surface area contributed by atoms with Crippen LogP contribution in [0.3, 0.4) is 0 Å². The quantitative estimate of drug-likeness (QED) is 0.681. The van der Waals surface area contributed by atoms with Crippen molar-refractivity contribution in [2.24, 2.45) is 5.41 Å². The average Bonchev–Trinajstić information content (AvgIpc) is 2.39. The lowest BCUT2D eigenvalue weighted by Gasteiger charge is -2.38. The van der Waals surface area contributed by atoms with Crippen molar-refractivity contribution in [3.8, 4) is 0 Å². The zero-order chi connectivity index (χ0) is 16.4. The van der Waals surface area contributed by atoms with Crippen LogP contribution in [0.2, 0.25) is 0 Å². The van der Waals surface area contributed by atoms with Crippen molar-refractivity contribution in [2.75, 3.05) is 26.4 Å². The molecule has 1 N–H and O–H groups in total. The molecule has 8 nitrogen and oxygen atoms in total. The number of carbonyl (C=O) groups is 3. The molecule has 1 rings (SSSR count). The Kier molecular flexibility index (Phi) is 5.11. The van der Waals surface area contributed by atoms with Crippen molar-refractivity contribution < 1.29 is 22.8 Å². The Bertz CT molecular complexity index is 551. The minimum atomic E-state index is -3.53. The summed E-state index contributed by atoms with van der Waals surface area (Å²) in [7, 11) is -0.785. The van der Waals surface area contributed by atoms with Gasteiger partial charge in [-0.05, 0) is 12.8 Å². The maximum atomic E-state index is 12.5. The third-order valence-electron chi connectivity index (χ3n) is 3.89. The van der Waals surface area contributed by atoms with Gasteiger partial charge >= 0.3 is 6.03 Å². The Balaban J connectivity index is 3.00. The van der Waals surface area contributed by atoms with E-state index in [9.17, 15) is 22.8 Å². The smallest absolute Gasteiger partial charge is 0.277 e. The SMILES string of the molecule is CCC1(CC)C(=O)NC(=O)N(CCS(=O)(=O)N(C)C)C1=O. The minimum absolute atomic E-state index is 0.248. The van der Waals surface area contributed by atoms with Gasteiger partial charge in [-0.25, -0.2) is 17.5 Å². The van der Waals surface area contributed by atoms with Gasteiger partial charge in [-0.15, -0.1) is 0 Å². The van der Waals surface area contributed by atoms with Crippen LogP contribution in [0.1, 0.15) is 26.7 Å². The van der Waals surface area contributed by atoms with Crippen LogP contribution in [0.5, 0.6) is 0 Å². The molecule has 9 heteroatoms. The van der Waals surface area contributed by atoms with Crippen LogP contribution in [0.4, 0.5) is 4.79 Å². The van der Waals surface area contributed by atoms with Crippen molar-refractivity contribution in [1.82, 2.24) is 14.5 Å². The average molecular weight is 319 g/mol. The first-order valence-electron chi connectivity index (χ1n) is 6.70. The largest absolute Gasteiger partial charge is 0.330 e. The van der Waals surface area contributed by atoms with Crippen LogP contribution in [-0.2, 0) is 19.6 Å². The number of imide groups is 2. The highest BCUT2D eigenvalue weighted by Crippen LogP contribution is 2.32. The summed E-state index contributed by atoms with van der Waals surface area (Å²) in [5.41, 5.74) is -1.30. The highest BCUT2D eigenvalue weighted by molar-refractivity contribution is 7.89. The maximum Gasteiger partial charge on any atom is 0.330 e. The molecule has 1 saturated heterocycles. The molecule has 0 spiro atoms. The Labute approximate surface area is 124 Å². The second-order valence-corrected chi connectivity index (χ2v) is 7.41. The number of amides is 4. The van der Waals surface area contributed by atoms with E-state index < -0.39 is 33.3 Å². The third kappa shape index (κ3) is 3.08. The molecule has 0 saturated carbocycles. The second-order valence-electron chi connectivity index (χ2n) is 5.10. The fraction of sp³-hybridized carbons (Fsp3) is 0.750. The fourth-order valence-corrected chi connectivity index (χ4v) is 2.98. The van der Waals surface area contributed by atoms with Crippen LogP contribution in [0.25, 0.3) is 0 Å². The van der Waals surface area contributed by atoms with Crippen LogP contribution in [-0.4, -0.2) is 61.9 Å². The van der Waals surface area contributed by atoms with E-state index in [4.69, 9.17) is 0 Å². The topological polar surface area (TPSA) is 104 Å². The zero-order valence-electron chi connectivity index (χ0n) is 12.7. The minimum Gasteiger partial charge on any atom is -0.277 e. The van der Waals surface area contributed by atoms with Gasteiger partial charge in [0, 0.05) is 20.6 Å². The Morgan fingerprint density at radius 2 is 1.67 bits per heavy atom. The highest BCUT2D eigenvalue weighted by atomic mass is 32.2. The molecule has 1 heterocycles. The summed E-state index contributed by atoms with van der Waals surface area (Å²) in [6.45, 7) is 3.09. The zero-order valence-corrected chi connectivity index (χ0v) is 13.5. The van der Waals surface area contributed by atoms with Gasteiger partial charge in [0.2, 0.25) is 21.8 Å². The van der Waals surface area contributed by atoms with Crippen LogP contribution in [0, 0.1) is 5.41 Å². The van der Waals surface area contributed by atoms with Crippen LogP contribution < -0.4 is 5.32 Å². The van der Waals surface area contributed by atoms with Crippen LogP contribution >= 0.6 is 0 Å². The first kappa shape index (κ1) is 17.6. The summed E-state index contributed by atoms with van der Waals surface area (Å²) in [6.07, 6.45) is 0.497. The number of sulfonamides is 1. The fourth-order valence-electron chi connectivity index (χ4n) is 2.20. The van der Waals surface area contributed by atoms with Gasteiger partial charge in [0.05, 0.1) is 5.75 Å². The molecule has 1 aliphatic rings. The number of nitrogens with zero attached hydrogens (tertiary/aromatic N) is 2. The van der Waals surface area contributed by atoms with Gasteiger partial charge < -0.3 is 0 Å². The molecule has 0 aliphatic carbocycles. The lowest BCUT2D eigenvalue weighted by molar-refractivity contribution is -0.151. The summed E-state index contributed by atoms with van der Waals surface area (Å²) in [4.78, 5) is 37.0. The lowest BCUT2D eigenvalue weighted by atomic mass is 9.78. The number of barbiturate groups is 1. The molecule has 0 aromatic carbocycles. The molecule has 0 radical (unpaired) electrons. The summed E-state index contributed by atoms with van der Waals surface area (Å²) >= 11 is 0. The Hall–Kier alpha value is -1.48. The maximum absolute atomic E-state index is 12.5. The lowest BCUT2D eigenvalue weighted by Crippen LogP contribution is -2.64. The van der Waals surface area contributed by atoms with Gasteiger partial charge in [-0.2, -0.15) is 0 Å². The molecule has 0 unspecified atom stereocenters. The Morgan fingerprint density at radius 3 is 2.10 bits per heavy atom. The molecular formula is C12H21N3O5S. The van der Waals surface area contributed by atoms with Crippen molar-refractivity contribution in [3.05, 3.63) is 0 Å². The molecule has 1 aliphatic heterocycles. The van der Waals surface area contributed by atoms with E-state index in [2.05, 4.69) is 5.32 Å². The molecule has 1 fully saturated rings. The normalized spacial score (nSPS) is 19.1. The summed E-state index contributed by atoms with van der Waals surface area (Å²) in [5.74, 6) is -1.62. The number of nitrogens with one attached hydrogen (secondary N) is 1. The number of hydrogen-bond donors (Lipinski definition) is 1. The van der Waals surface area contributed by atoms with E-state index in [0.717, 1.165) is 9.21 Å². The van der Waals surface area contributed by atoms with E-state index in [1.807, 2.05) is 0 Å². The molecule has 0 bridgehead atoms. The van der Waals surface area contributed by atoms with Crippen molar-refractivity contribution >= 4 is 27.9 Å². The number of hydrogen-bond acceptors (Lipinski definition) is 5. The summed E-state index contributed by atoms with van der Waals surface area (Å²) in [5, 5.41) is 2.14. The van der Waals surface area contributed by atoms with Gasteiger partial charge in [-0.1, -0.05) is 13.8 Å². The first-order valence-corrected chi connectivity index (χ1v) is 8.31. The van der Waals surface area contributed by atoms with Gasteiger partial charge in [0.1, 0.15) is 5.41 Å². The number of urea groups is 1. The van der Waals surface area contributed by atoms with Crippen molar-refractivity contribution in [2.45, 2.75) is 26.7 Å². The van der Waals surface area contributed by atoms with E-state index in [1.165, 1.54) is 14.1 Å². The number of rotatable bonds is 6. The molecule has 0 aromatic heterocycles. The van der Waals surface area contributed by atoms with E-state index in [-0.39, 0.29) is 25.1 Å². The standard InChI is InChI=1S/C12H21N3O5S/c1-5-12(6-2)9(16)13-11(18)15(10(12)17)7-8-21(19,20)14(3)4/h5-8H2,1-4H3,(H,13,16,18). The third-order valence-corrected chi connectivity index (χ3v) is 5.70. The van der Waals surface area contributed by atoms with Gasteiger partial charge in [0.25, 0.3) is 0 Å². The monoisotopic (exact) mass is 319 g/mol. The van der Waals surface area contributed by atoms with Crippen molar-refractivity contribution in [3.63, 3.8) is 0 Å². The van der Waals surface area contributed by atoms with E-state index in [1.54, 1.807) is 13.8 Å². The van der Waals surface area contributed by atoms with Gasteiger partial charge in [-0.3, -0.25) is 19.8 Å². The second kappa shape index (κ2) is 6.10. The highest BCUT2D eigenvalue weighted by Gasteiger charge is 2.51. The molecule has 120 valence electrons. The van der Waals surface area contributed by atoms with Gasteiger partial charge in [0.15, 0.2) is 0 Å². The summed E-state index contributed by atoms with van der Waals surface area (Å²) < 4.78 is 24.5. The van der Waals surface area contributed by atoms with E-state index >= 15 is 0 Å². The Morgan fingerprint density at radius 1 is 1.14 bits per heavy atom. The van der Waals surface area contributed by atoms with E-state index in [0.29, 0.717) is 0 Å². The summed E-state index contributed by atoms with van der Waals surface area (Å²) in [6, 6.07) is -0.864. The predicted molar refractivity (Wildman–Crippen MR) is 75.7 cm³/mol. The number of carbonyl (C=O) groups excluding carboxylic acids is 3. The first-order chi connectivity index (χ1) is 9.62. The van der Waals surface area contributed by atoms with Crippen LogP contribution in [0.15, 0.2) is 0 Å². The predicted octanol–water partition coefficient (Wildman–Crippen LogP) is -0.237. The molecule has 0 atom stereocenters. The van der Waals surface area contributed by atoms with Crippen molar-refractivity contribution in [1.29, 1.82) is 0 Å². The molecule has 21 heavy (non-hydrogen) atoms. The molecular weight excluding hydrogens is 298 g/mol. The molecule has 4 amide bonds.